The third kappa shape index (κ3) is 25.8. The van der Waals surface area contributed by atoms with Gasteiger partial charge in [0.1, 0.15) is 0 Å². The quantitative estimate of drug-likeness (QED) is 0.276. The first-order chi connectivity index (χ1) is 12.4. The van der Waals surface area contributed by atoms with E-state index in [1.807, 2.05) is 0 Å². The van der Waals surface area contributed by atoms with Crippen LogP contribution in [0, 0.1) is 0 Å². The zero-order chi connectivity index (χ0) is 22.0. The van der Waals surface area contributed by atoms with Crippen molar-refractivity contribution in [1.82, 2.24) is 0 Å². The zero-order valence-corrected chi connectivity index (χ0v) is 20.2. The molecule has 0 fully saturated rings. The van der Waals surface area contributed by atoms with Crippen molar-refractivity contribution < 1.29 is 26.5 Å². The molecule has 6 nitrogen and oxygen atoms in total. The van der Waals surface area contributed by atoms with Crippen LogP contribution in [0.25, 0.3) is 0 Å². The second kappa shape index (κ2) is 17.9. The highest BCUT2D eigenvalue weighted by Gasteiger charge is 2.17. The number of hydrogen-bond donors (Lipinski definition) is 0. The summed E-state index contributed by atoms with van der Waals surface area (Å²) in [6.07, 6.45) is 7.90. The van der Waals surface area contributed by atoms with Gasteiger partial charge < -0.3 is 18.1 Å². The van der Waals surface area contributed by atoms with E-state index < -0.39 is 10.4 Å². The van der Waals surface area contributed by atoms with Gasteiger partial charge in [0.2, 0.25) is 0 Å². The molecule has 0 aromatic rings. The molecule has 27 heavy (non-hydrogen) atoms. The van der Waals surface area contributed by atoms with Crippen molar-refractivity contribution in [3.63, 3.8) is 0 Å². The van der Waals surface area contributed by atoms with Crippen LogP contribution in [-0.2, 0) is 10.4 Å². The number of quaternary nitrogens is 2. The molecule has 0 aliphatic heterocycles. The van der Waals surface area contributed by atoms with Crippen molar-refractivity contribution in [2.45, 2.75) is 80.1 Å². The van der Waals surface area contributed by atoms with Gasteiger partial charge in [-0.05, 0) is 38.5 Å². The van der Waals surface area contributed by atoms with Crippen molar-refractivity contribution in [2.24, 2.45) is 0 Å². The topological polar surface area (TPSA) is 80.3 Å². The summed E-state index contributed by atoms with van der Waals surface area (Å²) in [5.41, 5.74) is 0. The van der Waals surface area contributed by atoms with Gasteiger partial charge in [0.15, 0.2) is 0 Å². The van der Waals surface area contributed by atoms with E-state index >= 15 is 0 Å². The summed E-state index contributed by atoms with van der Waals surface area (Å²) in [6, 6.07) is 0. The lowest BCUT2D eigenvalue weighted by Crippen LogP contribution is -2.45. The van der Waals surface area contributed by atoms with Crippen LogP contribution in [0.1, 0.15) is 80.1 Å². The van der Waals surface area contributed by atoms with Gasteiger partial charge in [-0.1, -0.05) is 41.5 Å². The molecule has 0 rings (SSSR count). The summed E-state index contributed by atoms with van der Waals surface area (Å²) in [5.74, 6) is 0. The Labute approximate surface area is 170 Å². The van der Waals surface area contributed by atoms with Crippen molar-refractivity contribution in [1.29, 1.82) is 0 Å². The first kappa shape index (κ1) is 31.5. The first-order valence-corrected chi connectivity index (χ1v) is 12.0. The van der Waals surface area contributed by atoms with Gasteiger partial charge in [-0.2, -0.15) is 0 Å². The highest BCUT2D eigenvalue weighted by Crippen LogP contribution is 2.07. The van der Waals surface area contributed by atoms with Crippen molar-refractivity contribution >= 4 is 10.4 Å². The smallest absolute Gasteiger partial charge is 0.0781 e. The maximum atomic E-state index is 8.52. The summed E-state index contributed by atoms with van der Waals surface area (Å²) in [7, 11) is -0.396. The molecule has 0 aliphatic carbocycles. The SMILES string of the molecule is CCC[N+](C)(CCC)CCC.CCC[N+](C)(CCC)CCC.O=S(=O)([O-])[O-]. The van der Waals surface area contributed by atoms with Crippen LogP contribution in [0.5, 0.6) is 0 Å². The molecule has 0 aliphatic rings. The molecule has 0 bridgehead atoms. The molecule has 0 unspecified atom stereocenters. The van der Waals surface area contributed by atoms with E-state index in [0.717, 1.165) is 0 Å². The summed E-state index contributed by atoms with van der Waals surface area (Å²) >= 11 is 0. The molecule has 0 spiro atoms. The molecule has 0 aromatic heterocycles. The summed E-state index contributed by atoms with van der Waals surface area (Å²) in [6.45, 7) is 21.8. The van der Waals surface area contributed by atoms with Crippen LogP contribution in [-0.4, -0.2) is 79.9 Å². The predicted molar refractivity (Wildman–Crippen MR) is 114 cm³/mol. The van der Waals surface area contributed by atoms with Crippen molar-refractivity contribution in [3.05, 3.63) is 0 Å². The Morgan fingerprint density at radius 2 is 0.630 bits per heavy atom. The number of hydrogen-bond acceptors (Lipinski definition) is 4. The van der Waals surface area contributed by atoms with Crippen molar-refractivity contribution in [2.75, 3.05) is 53.4 Å². The molecule has 0 amide bonds. The van der Waals surface area contributed by atoms with Gasteiger partial charge in [0.25, 0.3) is 0 Å². The maximum Gasteiger partial charge on any atom is 0.0781 e. The van der Waals surface area contributed by atoms with E-state index in [9.17, 15) is 0 Å². The second-order valence-corrected chi connectivity index (χ2v) is 8.81. The number of rotatable bonds is 12. The van der Waals surface area contributed by atoms with E-state index in [1.165, 1.54) is 86.8 Å². The molecule has 0 aromatic carbocycles. The van der Waals surface area contributed by atoms with E-state index in [2.05, 4.69) is 55.6 Å². The third-order valence-electron chi connectivity index (χ3n) is 4.58. The average Bonchev–Trinajstić information content (AvgIpc) is 2.47. The Bertz CT molecular complexity index is 348. The molecule has 0 radical (unpaired) electrons. The molecular weight excluding hydrogens is 364 g/mol. The molecule has 0 atom stereocenters. The van der Waals surface area contributed by atoms with Gasteiger partial charge >= 0.3 is 0 Å². The van der Waals surface area contributed by atoms with Crippen LogP contribution in [0.2, 0.25) is 0 Å². The first-order valence-electron chi connectivity index (χ1n) is 10.7. The monoisotopic (exact) mass is 412 g/mol. The Morgan fingerprint density at radius 1 is 0.519 bits per heavy atom. The van der Waals surface area contributed by atoms with Crippen LogP contribution in [0.15, 0.2) is 0 Å². The van der Waals surface area contributed by atoms with Gasteiger partial charge in [-0.3, -0.25) is 8.42 Å². The average molecular weight is 413 g/mol. The van der Waals surface area contributed by atoms with Gasteiger partial charge in [-0.25, -0.2) is 0 Å². The predicted octanol–water partition coefficient (Wildman–Crippen LogP) is 3.99. The highest BCUT2D eigenvalue weighted by molar-refractivity contribution is 7.79. The summed E-state index contributed by atoms with van der Waals surface area (Å²) in [5, 5.41) is 0. The van der Waals surface area contributed by atoms with Crippen LogP contribution >= 0.6 is 0 Å². The normalized spacial score (nSPS) is 11.9. The maximum absolute atomic E-state index is 8.52. The fourth-order valence-corrected chi connectivity index (χ4v) is 3.91. The van der Waals surface area contributed by atoms with E-state index in [1.54, 1.807) is 0 Å². The Balaban J connectivity index is -0.000000344. The van der Waals surface area contributed by atoms with Gasteiger partial charge in [0, 0.05) is 10.4 Å². The summed E-state index contributed by atoms with van der Waals surface area (Å²) in [4.78, 5) is 0. The van der Waals surface area contributed by atoms with Gasteiger partial charge in [-0.15, -0.1) is 0 Å². The van der Waals surface area contributed by atoms with E-state index in [4.69, 9.17) is 17.5 Å². The summed E-state index contributed by atoms with van der Waals surface area (Å²) < 4.78 is 36.6. The Morgan fingerprint density at radius 3 is 0.704 bits per heavy atom. The molecule has 0 saturated heterocycles. The molecule has 0 N–H and O–H groups in total. The van der Waals surface area contributed by atoms with Crippen LogP contribution < -0.4 is 0 Å². The Kier molecular flexibility index (Phi) is 20.8. The van der Waals surface area contributed by atoms with E-state index in [0.29, 0.717) is 0 Å². The van der Waals surface area contributed by atoms with Gasteiger partial charge in [0.05, 0.1) is 53.4 Å². The van der Waals surface area contributed by atoms with Crippen LogP contribution in [0.3, 0.4) is 0 Å². The highest BCUT2D eigenvalue weighted by atomic mass is 32.3. The minimum absolute atomic E-state index is 1.28. The minimum Gasteiger partial charge on any atom is -0.759 e. The molecular formula is C20H48N2O4S. The van der Waals surface area contributed by atoms with Crippen LogP contribution in [0.4, 0.5) is 0 Å². The fourth-order valence-electron chi connectivity index (χ4n) is 3.91. The Hall–Kier alpha value is -0.210. The van der Waals surface area contributed by atoms with Crippen molar-refractivity contribution in [3.8, 4) is 0 Å². The number of nitrogens with zero attached hydrogens (tertiary/aromatic N) is 2. The zero-order valence-electron chi connectivity index (χ0n) is 19.4. The lowest BCUT2D eigenvalue weighted by molar-refractivity contribution is -0.909. The van der Waals surface area contributed by atoms with E-state index in [-0.39, 0.29) is 0 Å². The standard InChI is InChI=1S/2C10H24N.H2O4S/c2*1-5-8-11(4,9-6-2)10-7-3;1-5(2,3)4/h2*5-10H2,1-4H3;(H2,1,2,3,4)/q2*+1;/p-2. The lowest BCUT2D eigenvalue weighted by atomic mass is 10.2. The lowest BCUT2D eigenvalue weighted by Gasteiger charge is -2.33. The molecule has 0 saturated carbocycles. The largest absolute Gasteiger partial charge is 0.759 e. The molecule has 0 heterocycles. The minimum atomic E-state index is -5.17. The second-order valence-electron chi connectivity index (χ2n) is 7.99. The molecule has 7 heteroatoms. The fraction of sp³-hybridized carbons (Fsp3) is 1.00. The third-order valence-corrected chi connectivity index (χ3v) is 4.58. The molecule has 168 valence electrons.